The highest BCUT2D eigenvalue weighted by molar-refractivity contribution is 5.99. The molecule has 3 N–H and O–H groups in total. The van der Waals surface area contributed by atoms with E-state index in [4.69, 9.17) is 4.74 Å². The first kappa shape index (κ1) is 23.9. The molecule has 0 unspecified atom stereocenters. The summed E-state index contributed by atoms with van der Waals surface area (Å²) in [5, 5.41) is 12.5. The second-order valence-electron chi connectivity index (χ2n) is 8.09. The SMILES string of the molecule is Cn1cc(Nc2nccc(OC(=O)Nc3cccc(NC(=O)/C=C/CN4CCCCC4)c3)n2)cn1. The summed E-state index contributed by atoms with van der Waals surface area (Å²) in [7, 11) is 1.80. The number of carbonyl (C=O) groups is 2. The molecule has 11 heteroatoms. The van der Waals surface area contributed by atoms with Gasteiger partial charge >= 0.3 is 6.09 Å². The zero-order valence-corrected chi connectivity index (χ0v) is 19.5. The maximum atomic E-state index is 12.3. The van der Waals surface area contributed by atoms with Crippen LogP contribution in [0.2, 0.25) is 0 Å². The fourth-order valence-electron chi connectivity index (χ4n) is 3.62. The van der Waals surface area contributed by atoms with Crippen molar-refractivity contribution in [1.82, 2.24) is 24.6 Å². The predicted octanol–water partition coefficient (Wildman–Crippen LogP) is 3.55. The maximum absolute atomic E-state index is 12.3. The number of ether oxygens (including phenoxy) is 1. The molecular weight excluding hydrogens is 448 g/mol. The number of benzene rings is 1. The van der Waals surface area contributed by atoms with Gasteiger partial charge < -0.3 is 15.4 Å². The van der Waals surface area contributed by atoms with Gasteiger partial charge in [0.25, 0.3) is 0 Å². The Hall–Kier alpha value is -4.25. The molecule has 0 radical (unpaired) electrons. The number of anilines is 4. The molecule has 4 rings (SSSR count). The van der Waals surface area contributed by atoms with Gasteiger partial charge in [-0.05, 0) is 44.1 Å². The van der Waals surface area contributed by atoms with E-state index < -0.39 is 6.09 Å². The van der Waals surface area contributed by atoms with E-state index >= 15 is 0 Å². The molecule has 1 aromatic carbocycles. The maximum Gasteiger partial charge on any atom is 0.418 e. The molecule has 0 spiro atoms. The number of piperidine rings is 1. The van der Waals surface area contributed by atoms with Crippen LogP contribution >= 0.6 is 0 Å². The van der Waals surface area contributed by atoms with Gasteiger partial charge in [0.05, 0.1) is 11.9 Å². The molecule has 0 atom stereocenters. The average Bonchev–Trinajstić information content (AvgIpc) is 3.24. The van der Waals surface area contributed by atoms with Gasteiger partial charge in [0, 0.05) is 49.5 Å². The lowest BCUT2D eigenvalue weighted by Gasteiger charge is -2.24. The minimum absolute atomic E-state index is 0.0761. The lowest BCUT2D eigenvalue weighted by atomic mass is 10.1. The molecule has 0 aliphatic carbocycles. The summed E-state index contributed by atoms with van der Waals surface area (Å²) in [5.74, 6) is 0.116. The van der Waals surface area contributed by atoms with Gasteiger partial charge in [-0.1, -0.05) is 18.6 Å². The van der Waals surface area contributed by atoms with Crippen LogP contribution in [0.4, 0.5) is 27.8 Å². The summed E-state index contributed by atoms with van der Waals surface area (Å²) in [4.78, 5) is 35.2. The van der Waals surface area contributed by atoms with Crippen molar-refractivity contribution >= 4 is 35.0 Å². The molecule has 0 bridgehead atoms. The fourth-order valence-corrected chi connectivity index (χ4v) is 3.62. The van der Waals surface area contributed by atoms with E-state index in [1.807, 2.05) is 6.08 Å². The standard InChI is InChI=1S/C24H28N8O3/c1-31-17-20(16-26-31)28-23-25-11-10-22(30-23)35-24(34)29-19-8-5-7-18(15-19)27-21(33)9-6-14-32-12-3-2-4-13-32/h5-11,15-17H,2-4,12-14H2,1H3,(H,27,33)(H,29,34)(H,25,28,30)/b9-6+. The molecule has 2 aromatic heterocycles. The highest BCUT2D eigenvalue weighted by Crippen LogP contribution is 2.17. The van der Waals surface area contributed by atoms with Crippen LogP contribution in [0.3, 0.4) is 0 Å². The molecular formula is C24H28N8O3. The summed E-state index contributed by atoms with van der Waals surface area (Å²) in [6.07, 6.45) is 11.3. The van der Waals surface area contributed by atoms with Gasteiger partial charge in [-0.15, -0.1) is 0 Å². The van der Waals surface area contributed by atoms with Gasteiger partial charge in [-0.2, -0.15) is 10.1 Å². The summed E-state index contributed by atoms with van der Waals surface area (Å²) in [6, 6.07) is 8.28. The van der Waals surface area contributed by atoms with Crippen LogP contribution < -0.4 is 20.7 Å². The van der Waals surface area contributed by atoms with Crippen molar-refractivity contribution in [3.63, 3.8) is 0 Å². The van der Waals surface area contributed by atoms with Crippen molar-refractivity contribution in [2.24, 2.45) is 7.05 Å². The number of hydrogen-bond donors (Lipinski definition) is 3. The van der Waals surface area contributed by atoms with Crippen LogP contribution in [0.25, 0.3) is 0 Å². The van der Waals surface area contributed by atoms with Crippen LogP contribution in [-0.2, 0) is 11.8 Å². The summed E-state index contributed by atoms with van der Waals surface area (Å²) in [6.45, 7) is 2.92. The number of carbonyl (C=O) groups excluding carboxylic acids is 2. The van der Waals surface area contributed by atoms with E-state index in [-0.39, 0.29) is 17.7 Å². The first-order valence-electron chi connectivity index (χ1n) is 11.4. The van der Waals surface area contributed by atoms with Crippen molar-refractivity contribution in [1.29, 1.82) is 0 Å². The predicted molar refractivity (Wildman–Crippen MR) is 133 cm³/mol. The normalized spacial score (nSPS) is 14.0. The van der Waals surface area contributed by atoms with Crippen LogP contribution in [0, 0.1) is 0 Å². The van der Waals surface area contributed by atoms with E-state index in [0.717, 1.165) is 19.6 Å². The van der Waals surface area contributed by atoms with Crippen LogP contribution in [0.1, 0.15) is 19.3 Å². The molecule has 1 fully saturated rings. The minimum Gasteiger partial charge on any atom is -0.391 e. The van der Waals surface area contributed by atoms with Gasteiger partial charge in [0.1, 0.15) is 0 Å². The Bertz CT molecular complexity index is 1190. The molecule has 0 saturated carbocycles. The number of nitrogens with one attached hydrogen (secondary N) is 3. The van der Waals surface area contributed by atoms with E-state index in [1.165, 1.54) is 37.6 Å². The van der Waals surface area contributed by atoms with Crippen LogP contribution in [0.5, 0.6) is 5.88 Å². The van der Waals surface area contributed by atoms with E-state index in [0.29, 0.717) is 17.1 Å². The quantitative estimate of drug-likeness (QED) is 0.422. The minimum atomic E-state index is -0.721. The number of nitrogens with zero attached hydrogens (tertiary/aromatic N) is 5. The van der Waals surface area contributed by atoms with Gasteiger partial charge in [-0.3, -0.25) is 19.7 Å². The topological polar surface area (TPSA) is 126 Å². The highest BCUT2D eigenvalue weighted by Gasteiger charge is 2.10. The number of aromatic nitrogens is 4. The molecule has 3 heterocycles. The van der Waals surface area contributed by atoms with Gasteiger partial charge in [0.2, 0.25) is 17.7 Å². The van der Waals surface area contributed by atoms with E-state index in [2.05, 4.69) is 35.9 Å². The third kappa shape index (κ3) is 7.64. The number of hydrogen-bond acceptors (Lipinski definition) is 8. The van der Waals surface area contributed by atoms with Crippen LogP contribution in [-0.4, -0.2) is 56.3 Å². The smallest absolute Gasteiger partial charge is 0.391 e. The molecule has 3 aromatic rings. The number of rotatable bonds is 8. The number of aryl methyl sites for hydroxylation is 1. The average molecular weight is 477 g/mol. The summed E-state index contributed by atoms with van der Waals surface area (Å²) in [5.41, 5.74) is 1.72. The summed E-state index contributed by atoms with van der Waals surface area (Å²) < 4.78 is 6.91. The zero-order valence-electron chi connectivity index (χ0n) is 19.5. The molecule has 11 nitrogen and oxygen atoms in total. The molecule has 35 heavy (non-hydrogen) atoms. The van der Waals surface area contributed by atoms with E-state index in [9.17, 15) is 9.59 Å². The molecule has 1 aliphatic rings. The Kier molecular flexibility index (Phi) is 8.02. The Morgan fingerprint density at radius 3 is 2.66 bits per heavy atom. The zero-order chi connectivity index (χ0) is 24.5. The number of likely N-dealkylation sites (tertiary alicyclic amines) is 1. The Morgan fingerprint density at radius 1 is 1.09 bits per heavy atom. The first-order chi connectivity index (χ1) is 17.0. The molecule has 182 valence electrons. The molecule has 1 aliphatic heterocycles. The van der Waals surface area contributed by atoms with Crippen molar-refractivity contribution in [3.8, 4) is 5.88 Å². The fraction of sp³-hybridized carbons (Fsp3) is 0.292. The van der Waals surface area contributed by atoms with Crippen molar-refractivity contribution in [2.45, 2.75) is 19.3 Å². The van der Waals surface area contributed by atoms with E-state index in [1.54, 1.807) is 48.4 Å². The molecule has 2 amide bonds. The lowest BCUT2D eigenvalue weighted by Crippen LogP contribution is -2.29. The summed E-state index contributed by atoms with van der Waals surface area (Å²) >= 11 is 0. The second-order valence-corrected chi connectivity index (χ2v) is 8.09. The van der Waals surface area contributed by atoms with Crippen molar-refractivity contribution in [2.75, 3.05) is 35.6 Å². The Labute approximate surface area is 203 Å². The first-order valence-corrected chi connectivity index (χ1v) is 11.4. The van der Waals surface area contributed by atoms with Gasteiger partial charge in [-0.25, -0.2) is 9.78 Å². The largest absolute Gasteiger partial charge is 0.418 e. The van der Waals surface area contributed by atoms with Crippen LogP contribution in [0.15, 0.2) is 61.1 Å². The highest BCUT2D eigenvalue weighted by atomic mass is 16.6. The third-order valence-corrected chi connectivity index (χ3v) is 5.25. The van der Waals surface area contributed by atoms with Crippen molar-refractivity contribution < 1.29 is 14.3 Å². The van der Waals surface area contributed by atoms with Gasteiger partial charge in [0.15, 0.2) is 0 Å². The monoisotopic (exact) mass is 476 g/mol. The Morgan fingerprint density at radius 2 is 1.89 bits per heavy atom. The Balaban J connectivity index is 1.27. The van der Waals surface area contributed by atoms with Crippen molar-refractivity contribution in [3.05, 3.63) is 61.1 Å². The lowest BCUT2D eigenvalue weighted by molar-refractivity contribution is -0.111. The number of amides is 2. The second kappa shape index (κ2) is 11.7. The third-order valence-electron chi connectivity index (χ3n) is 5.25. The molecule has 1 saturated heterocycles.